The molecule has 2 aliphatic rings. The third-order valence-corrected chi connectivity index (χ3v) is 5.11. The highest BCUT2D eigenvalue weighted by atomic mass is 35.5. The fourth-order valence-electron chi connectivity index (χ4n) is 3.27. The van der Waals surface area contributed by atoms with Gasteiger partial charge in [0, 0.05) is 17.3 Å². The first-order valence-electron chi connectivity index (χ1n) is 8.39. The number of amides is 4. The number of halogens is 1. The van der Waals surface area contributed by atoms with E-state index in [4.69, 9.17) is 11.6 Å². The lowest BCUT2D eigenvalue weighted by molar-refractivity contribution is -0.149. The predicted molar refractivity (Wildman–Crippen MR) is 95.9 cm³/mol. The summed E-state index contributed by atoms with van der Waals surface area (Å²) in [5, 5.41) is 18.2. The van der Waals surface area contributed by atoms with Gasteiger partial charge in [-0.1, -0.05) is 17.7 Å². The quantitative estimate of drug-likeness (QED) is 0.616. The third-order valence-electron chi connectivity index (χ3n) is 4.70. The summed E-state index contributed by atoms with van der Waals surface area (Å²) in [6.45, 7) is 3.54. The van der Waals surface area contributed by atoms with Crippen molar-refractivity contribution >= 4 is 35.1 Å². The van der Waals surface area contributed by atoms with Crippen LogP contribution in [-0.2, 0) is 9.59 Å². The van der Waals surface area contributed by atoms with Gasteiger partial charge in [0.25, 0.3) is 0 Å². The van der Waals surface area contributed by atoms with Crippen LogP contribution in [0.15, 0.2) is 18.2 Å². The van der Waals surface area contributed by atoms with Gasteiger partial charge in [-0.15, -0.1) is 0 Å². The lowest BCUT2D eigenvalue weighted by atomic mass is 10.0. The van der Waals surface area contributed by atoms with Crippen LogP contribution in [0, 0.1) is 6.92 Å². The Morgan fingerprint density at radius 3 is 2.81 bits per heavy atom. The second-order valence-electron chi connectivity index (χ2n) is 6.73. The monoisotopic (exact) mass is 380 g/mol. The first kappa shape index (κ1) is 18.5. The van der Waals surface area contributed by atoms with E-state index in [1.807, 2.05) is 6.92 Å². The molecule has 4 atom stereocenters. The molecule has 140 valence electrons. The molecule has 2 heterocycles. The Balaban J connectivity index is 1.61. The summed E-state index contributed by atoms with van der Waals surface area (Å²) in [7, 11) is 0. The fraction of sp³-hybridized carbons (Fsp3) is 0.471. The van der Waals surface area contributed by atoms with Crippen LogP contribution in [0.25, 0.3) is 0 Å². The molecule has 1 aromatic rings. The van der Waals surface area contributed by atoms with Crippen molar-refractivity contribution in [3.8, 4) is 0 Å². The Morgan fingerprint density at radius 2 is 2.15 bits per heavy atom. The Bertz CT molecular complexity index is 754. The molecule has 8 nitrogen and oxygen atoms in total. The zero-order chi connectivity index (χ0) is 19.0. The number of anilines is 1. The Kier molecular flexibility index (Phi) is 5.06. The predicted octanol–water partition coefficient (Wildman–Crippen LogP) is 0.619. The van der Waals surface area contributed by atoms with Crippen LogP contribution >= 0.6 is 11.6 Å². The maximum atomic E-state index is 12.4. The molecule has 26 heavy (non-hydrogen) atoms. The van der Waals surface area contributed by atoms with Gasteiger partial charge in [0.1, 0.15) is 12.1 Å². The third kappa shape index (κ3) is 3.61. The van der Waals surface area contributed by atoms with E-state index in [9.17, 15) is 19.5 Å². The Labute approximate surface area is 155 Å². The van der Waals surface area contributed by atoms with Crippen LogP contribution in [0.3, 0.4) is 0 Å². The highest BCUT2D eigenvalue weighted by Gasteiger charge is 2.47. The standard InChI is InChI=1S/C17H21ClN4O4/c1-8-3-4-10(5-12(8)18)19-17(26)20-11-6-13-15(24)21-14(9(2)23)16(25)22(13)7-11/h3-5,9,11,13-14,23H,6-7H2,1-2H3,(H,21,24)(H2,19,20,26)/t9-,11-,13-,14+/m0/s1. The molecule has 2 aliphatic heterocycles. The molecule has 9 heteroatoms. The average molecular weight is 381 g/mol. The number of aliphatic hydroxyl groups excluding tert-OH is 1. The number of hydrogen-bond donors (Lipinski definition) is 4. The van der Waals surface area contributed by atoms with E-state index in [2.05, 4.69) is 16.0 Å². The largest absolute Gasteiger partial charge is 0.391 e. The SMILES string of the molecule is Cc1ccc(NC(=O)N[C@H]2C[C@H]3C(=O)N[C@H]([C@H](C)O)C(=O)N3C2)cc1Cl. The van der Waals surface area contributed by atoms with E-state index in [1.165, 1.54) is 11.8 Å². The van der Waals surface area contributed by atoms with Gasteiger partial charge in [-0.2, -0.15) is 0 Å². The van der Waals surface area contributed by atoms with Gasteiger partial charge in [0.2, 0.25) is 11.8 Å². The van der Waals surface area contributed by atoms with Crippen molar-refractivity contribution in [2.24, 2.45) is 0 Å². The summed E-state index contributed by atoms with van der Waals surface area (Å²) in [6, 6.07) is 2.82. The zero-order valence-corrected chi connectivity index (χ0v) is 15.2. The van der Waals surface area contributed by atoms with Crippen molar-refractivity contribution in [2.45, 2.75) is 44.5 Å². The van der Waals surface area contributed by atoms with Crippen LogP contribution in [0.5, 0.6) is 0 Å². The van der Waals surface area contributed by atoms with Crippen LogP contribution in [0.1, 0.15) is 18.9 Å². The maximum Gasteiger partial charge on any atom is 0.319 e. The van der Waals surface area contributed by atoms with Crippen molar-refractivity contribution in [2.75, 3.05) is 11.9 Å². The smallest absolute Gasteiger partial charge is 0.319 e. The van der Waals surface area contributed by atoms with Gasteiger partial charge in [0.05, 0.1) is 12.1 Å². The second kappa shape index (κ2) is 7.13. The van der Waals surface area contributed by atoms with Gasteiger partial charge < -0.3 is 26.0 Å². The number of piperazine rings is 1. The molecule has 4 N–H and O–H groups in total. The number of fused-ring (bicyclic) bond motifs is 1. The molecule has 0 unspecified atom stereocenters. The summed E-state index contributed by atoms with van der Waals surface area (Å²) in [5.74, 6) is -0.648. The Hall–Kier alpha value is -2.32. The number of urea groups is 1. The van der Waals surface area contributed by atoms with Crippen LogP contribution in [-0.4, -0.2) is 58.6 Å². The lowest BCUT2D eigenvalue weighted by Gasteiger charge is -2.35. The van der Waals surface area contributed by atoms with Crippen LogP contribution in [0.4, 0.5) is 10.5 Å². The van der Waals surface area contributed by atoms with E-state index in [1.54, 1.807) is 18.2 Å². The van der Waals surface area contributed by atoms with E-state index in [0.29, 0.717) is 17.1 Å². The van der Waals surface area contributed by atoms with E-state index < -0.39 is 24.2 Å². The van der Waals surface area contributed by atoms with Crippen molar-refractivity contribution in [1.29, 1.82) is 0 Å². The van der Waals surface area contributed by atoms with Gasteiger partial charge in [0.15, 0.2) is 0 Å². The maximum absolute atomic E-state index is 12.4. The highest BCUT2D eigenvalue weighted by molar-refractivity contribution is 6.31. The molecule has 0 bridgehead atoms. The van der Waals surface area contributed by atoms with Gasteiger partial charge in [-0.25, -0.2) is 4.79 Å². The fourth-order valence-corrected chi connectivity index (χ4v) is 3.45. The zero-order valence-electron chi connectivity index (χ0n) is 14.5. The van der Waals surface area contributed by atoms with Crippen LogP contribution < -0.4 is 16.0 Å². The molecule has 0 aliphatic carbocycles. The number of nitrogens with zero attached hydrogens (tertiary/aromatic N) is 1. The highest BCUT2D eigenvalue weighted by Crippen LogP contribution is 2.24. The van der Waals surface area contributed by atoms with Crippen molar-refractivity contribution in [3.63, 3.8) is 0 Å². The van der Waals surface area contributed by atoms with E-state index >= 15 is 0 Å². The summed E-state index contributed by atoms with van der Waals surface area (Å²) >= 11 is 6.04. The topological polar surface area (TPSA) is 111 Å². The number of carbonyl (C=O) groups is 3. The first-order valence-corrected chi connectivity index (χ1v) is 8.76. The molecular weight excluding hydrogens is 360 g/mol. The van der Waals surface area contributed by atoms with Gasteiger partial charge in [-0.3, -0.25) is 9.59 Å². The minimum Gasteiger partial charge on any atom is -0.391 e. The molecule has 0 spiro atoms. The molecule has 0 saturated carbocycles. The number of aryl methyl sites for hydroxylation is 1. The number of hydrogen-bond acceptors (Lipinski definition) is 4. The first-order chi connectivity index (χ1) is 12.3. The molecular formula is C17H21ClN4O4. The molecule has 0 aromatic heterocycles. The van der Waals surface area contributed by atoms with E-state index in [-0.39, 0.29) is 24.4 Å². The minimum atomic E-state index is -0.978. The number of carbonyl (C=O) groups excluding carboxylic acids is 3. The van der Waals surface area contributed by atoms with Gasteiger partial charge in [-0.05, 0) is 38.0 Å². The van der Waals surface area contributed by atoms with Crippen molar-refractivity contribution in [3.05, 3.63) is 28.8 Å². The summed E-state index contributed by atoms with van der Waals surface area (Å²) in [5.41, 5.74) is 1.46. The number of aliphatic hydroxyl groups is 1. The number of benzene rings is 1. The molecule has 2 fully saturated rings. The van der Waals surface area contributed by atoms with Crippen molar-refractivity contribution < 1.29 is 19.5 Å². The summed E-state index contributed by atoms with van der Waals surface area (Å²) in [4.78, 5) is 38.2. The molecule has 1 aromatic carbocycles. The number of rotatable bonds is 3. The minimum absolute atomic E-state index is 0.224. The summed E-state index contributed by atoms with van der Waals surface area (Å²) < 4.78 is 0. The van der Waals surface area contributed by atoms with Crippen molar-refractivity contribution in [1.82, 2.24) is 15.5 Å². The normalized spacial score (nSPS) is 26.2. The molecule has 0 radical (unpaired) electrons. The van der Waals surface area contributed by atoms with E-state index in [0.717, 1.165) is 5.56 Å². The second-order valence-corrected chi connectivity index (χ2v) is 7.14. The molecule has 4 amide bonds. The number of nitrogens with one attached hydrogen (secondary N) is 3. The molecule has 3 rings (SSSR count). The van der Waals surface area contributed by atoms with Gasteiger partial charge >= 0.3 is 6.03 Å². The Morgan fingerprint density at radius 1 is 1.42 bits per heavy atom. The van der Waals surface area contributed by atoms with Crippen LogP contribution in [0.2, 0.25) is 5.02 Å². The lowest BCUT2D eigenvalue weighted by Crippen LogP contribution is -2.64. The molecule has 2 saturated heterocycles. The average Bonchev–Trinajstić information content (AvgIpc) is 2.98. The summed E-state index contributed by atoms with van der Waals surface area (Å²) in [6.07, 6.45) is -0.652.